The average Bonchev–Trinajstić information content (AvgIpc) is 2.79. The number of aromatic amines is 1. The molecule has 0 amide bonds. The van der Waals surface area contributed by atoms with Crippen LogP contribution in [-0.4, -0.2) is 16.2 Å². The van der Waals surface area contributed by atoms with Crippen molar-refractivity contribution in [2.75, 3.05) is 11.1 Å². The zero-order valence-corrected chi connectivity index (χ0v) is 8.53. The summed E-state index contributed by atoms with van der Waals surface area (Å²) in [6.07, 6.45) is 4.17. The molecule has 5 nitrogen and oxygen atoms in total. The van der Waals surface area contributed by atoms with Gasteiger partial charge in [0, 0.05) is 12.5 Å². The Morgan fingerprint density at radius 1 is 1.67 bits per heavy atom. The largest absolute Gasteiger partial charge is 0.469 e. The van der Waals surface area contributed by atoms with E-state index in [9.17, 15) is 0 Å². The number of nitrogens with zero attached hydrogens (tertiary/aromatic N) is 1. The van der Waals surface area contributed by atoms with Crippen LogP contribution < -0.4 is 11.1 Å². The summed E-state index contributed by atoms with van der Waals surface area (Å²) < 4.78 is 5.26. The van der Waals surface area contributed by atoms with Crippen LogP contribution >= 0.6 is 0 Å². The van der Waals surface area contributed by atoms with E-state index in [1.54, 1.807) is 12.5 Å². The van der Waals surface area contributed by atoms with Gasteiger partial charge in [0.05, 0.1) is 18.1 Å². The molecule has 0 aliphatic heterocycles. The number of aromatic nitrogens is 2. The number of rotatable bonds is 4. The smallest absolute Gasteiger partial charge is 0.142 e. The van der Waals surface area contributed by atoms with Gasteiger partial charge < -0.3 is 15.5 Å². The van der Waals surface area contributed by atoms with Crippen LogP contribution in [0, 0.1) is 0 Å². The zero-order valence-electron chi connectivity index (χ0n) is 8.53. The number of hydrogen-bond acceptors (Lipinski definition) is 4. The Hall–Kier alpha value is -1.91. The van der Waals surface area contributed by atoms with Crippen molar-refractivity contribution < 1.29 is 4.42 Å². The van der Waals surface area contributed by atoms with Crippen molar-refractivity contribution in [1.82, 2.24) is 10.2 Å². The first-order valence-corrected chi connectivity index (χ1v) is 4.83. The molecular formula is C10H14N4O. The Labute approximate surface area is 87.7 Å². The summed E-state index contributed by atoms with van der Waals surface area (Å²) in [5.74, 6) is 1.51. The minimum atomic E-state index is 0.246. The summed E-state index contributed by atoms with van der Waals surface area (Å²) in [6.45, 7) is 2.06. The summed E-state index contributed by atoms with van der Waals surface area (Å²) in [7, 11) is 0. The molecular weight excluding hydrogens is 192 g/mol. The first kappa shape index (κ1) is 9.64. The molecule has 0 bridgehead atoms. The molecule has 2 heterocycles. The lowest BCUT2D eigenvalue weighted by atomic mass is 10.2. The quantitative estimate of drug-likeness (QED) is 0.710. The molecule has 2 aromatic rings. The van der Waals surface area contributed by atoms with Gasteiger partial charge in [-0.2, -0.15) is 5.10 Å². The highest BCUT2D eigenvalue weighted by molar-refractivity contribution is 5.60. The maximum atomic E-state index is 5.66. The van der Waals surface area contributed by atoms with Gasteiger partial charge in [-0.1, -0.05) is 0 Å². The van der Waals surface area contributed by atoms with Crippen molar-refractivity contribution in [3.8, 4) is 0 Å². The van der Waals surface area contributed by atoms with E-state index in [1.165, 1.54) is 0 Å². The van der Waals surface area contributed by atoms with Gasteiger partial charge in [0.25, 0.3) is 0 Å². The molecule has 5 heteroatoms. The van der Waals surface area contributed by atoms with Gasteiger partial charge in [0.15, 0.2) is 0 Å². The molecule has 0 aromatic carbocycles. The molecule has 0 fully saturated rings. The van der Waals surface area contributed by atoms with Gasteiger partial charge in [-0.15, -0.1) is 0 Å². The van der Waals surface area contributed by atoms with Crippen LogP contribution in [0.2, 0.25) is 0 Å². The molecule has 0 spiro atoms. The van der Waals surface area contributed by atoms with Gasteiger partial charge in [0.2, 0.25) is 0 Å². The normalized spacial score (nSPS) is 12.6. The third-order valence-corrected chi connectivity index (χ3v) is 2.16. The van der Waals surface area contributed by atoms with Gasteiger partial charge in [-0.3, -0.25) is 5.10 Å². The van der Waals surface area contributed by atoms with E-state index < -0.39 is 0 Å². The molecule has 80 valence electrons. The fraction of sp³-hybridized carbons (Fsp3) is 0.300. The third-order valence-electron chi connectivity index (χ3n) is 2.16. The fourth-order valence-electron chi connectivity index (χ4n) is 1.46. The summed E-state index contributed by atoms with van der Waals surface area (Å²) in [4.78, 5) is 0. The molecule has 15 heavy (non-hydrogen) atoms. The molecule has 0 saturated heterocycles. The fourth-order valence-corrected chi connectivity index (χ4v) is 1.46. The number of nitrogens with one attached hydrogen (secondary N) is 2. The van der Waals surface area contributed by atoms with Gasteiger partial charge in [-0.25, -0.2) is 0 Å². The summed E-state index contributed by atoms with van der Waals surface area (Å²) in [5.41, 5.74) is 6.49. The number of H-pyrrole nitrogens is 1. The minimum Gasteiger partial charge on any atom is -0.469 e. The van der Waals surface area contributed by atoms with Crippen LogP contribution in [0.15, 0.2) is 29.0 Å². The van der Waals surface area contributed by atoms with Crippen molar-refractivity contribution in [2.45, 2.75) is 19.4 Å². The third kappa shape index (κ3) is 2.31. The van der Waals surface area contributed by atoms with E-state index in [0.29, 0.717) is 5.82 Å². The van der Waals surface area contributed by atoms with E-state index in [2.05, 4.69) is 22.4 Å². The highest BCUT2D eigenvalue weighted by Gasteiger charge is 2.08. The molecule has 0 aliphatic rings. The Morgan fingerprint density at radius 2 is 2.53 bits per heavy atom. The Bertz CT molecular complexity index is 407. The summed E-state index contributed by atoms with van der Waals surface area (Å²) >= 11 is 0. The highest BCUT2D eigenvalue weighted by atomic mass is 16.3. The van der Waals surface area contributed by atoms with Crippen LogP contribution in [0.1, 0.15) is 12.7 Å². The van der Waals surface area contributed by atoms with E-state index in [4.69, 9.17) is 10.2 Å². The highest BCUT2D eigenvalue weighted by Crippen LogP contribution is 2.15. The number of hydrogen-bond donors (Lipinski definition) is 3. The molecule has 2 aromatic heterocycles. The van der Waals surface area contributed by atoms with Crippen LogP contribution in [-0.2, 0) is 6.42 Å². The number of nitrogens with two attached hydrogens (primary N) is 1. The van der Waals surface area contributed by atoms with Crippen molar-refractivity contribution >= 4 is 11.5 Å². The van der Waals surface area contributed by atoms with Crippen molar-refractivity contribution in [3.05, 3.63) is 30.4 Å². The van der Waals surface area contributed by atoms with Crippen molar-refractivity contribution in [1.29, 1.82) is 0 Å². The van der Waals surface area contributed by atoms with E-state index >= 15 is 0 Å². The van der Waals surface area contributed by atoms with E-state index in [1.807, 2.05) is 12.1 Å². The minimum absolute atomic E-state index is 0.246. The maximum absolute atomic E-state index is 5.66. The molecule has 2 rings (SSSR count). The second kappa shape index (κ2) is 4.08. The first-order valence-electron chi connectivity index (χ1n) is 4.83. The Balaban J connectivity index is 1.93. The van der Waals surface area contributed by atoms with Crippen LogP contribution in [0.25, 0.3) is 0 Å². The molecule has 0 radical (unpaired) electrons. The van der Waals surface area contributed by atoms with E-state index in [-0.39, 0.29) is 6.04 Å². The van der Waals surface area contributed by atoms with Crippen molar-refractivity contribution in [2.24, 2.45) is 0 Å². The lowest BCUT2D eigenvalue weighted by Crippen LogP contribution is -2.18. The van der Waals surface area contributed by atoms with Gasteiger partial charge in [0.1, 0.15) is 11.6 Å². The van der Waals surface area contributed by atoms with Crippen LogP contribution in [0.3, 0.4) is 0 Å². The van der Waals surface area contributed by atoms with Crippen LogP contribution in [0.4, 0.5) is 11.5 Å². The summed E-state index contributed by atoms with van der Waals surface area (Å²) in [6, 6.07) is 4.08. The topological polar surface area (TPSA) is 79.9 Å². The monoisotopic (exact) mass is 206 g/mol. The van der Waals surface area contributed by atoms with Crippen LogP contribution in [0.5, 0.6) is 0 Å². The van der Waals surface area contributed by atoms with E-state index in [0.717, 1.165) is 17.9 Å². The van der Waals surface area contributed by atoms with Gasteiger partial charge in [-0.05, 0) is 19.1 Å². The van der Waals surface area contributed by atoms with Gasteiger partial charge >= 0.3 is 0 Å². The second-order valence-corrected chi connectivity index (χ2v) is 3.53. The standard InChI is InChI=1S/C10H14N4O/c1-7(5-8-3-2-4-15-8)13-9-6-12-14-10(9)11/h2-4,6-7,13H,5H2,1H3,(H3,11,12,14). The average molecular weight is 206 g/mol. The summed E-state index contributed by atoms with van der Waals surface area (Å²) in [5, 5.41) is 9.76. The Kier molecular flexibility index (Phi) is 2.62. The lowest BCUT2D eigenvalue weighted by molar-refractivity contribution is 0.498. The molecule has 4 N–H and O–H groups in total. The SMILES string of the molecule is CC(Cc1ccco1)Nc1cn[nH]c1N. The second-order valence-electron chi connectivity index (χ2n) is 3.53. The van der Waals surface area contributed by atoms with Crippen molar-refractivity contribution in [3.63, 3.8) is 0 Å². The molecule has 1 unspecified atom stereocenters. The molecule has 0 aliphatic carbocycles. The number of nitrogen functional groups attached to an aromatic ring is 1. The number of furan rings is 1. The first-order chi connectivity index (χ1) is 7.25. The predicted molar refractivity (Wildman–Crippen MR) is 58.5 cm³/mol. The molecule has 0 saturated carbocycles. The number of anilines is 2. The zero-order chi connectivity index (χ0) is 10.7. The molecule has 1 atom stereocenters. The maximum Gasteiger partial charge on any atom is 0.142 e. The lowest BCUT2D eigenvalue weighted by Gasteiger charge is -2.12. The Morgan fingerprint density at radius 3 is 3.13 bits per heavy atom. The predicted octanol–water partition coefficient (Wildman–Crippen LogP) is 1.63.